The lowest BCUT2D eigenvalue weighted by Gasteiger charge is -2.40. The number of ether oxygens (including phenoxy) is 3. The van der Waals surface area contributed by atoms with Gasteiger partial charge in [-0.3, -0.25) is 4.79 Å². The lowest BCUT2D eigenvalue weighted by Crippen LogP contribution is -2.53. The molecule has 1 aliphatic rings. The van der Waals surface area contributed by atoms with Gasteiger partial charge in [0.05, 0.1) is 24.3 Å². The van der Waals surface area contributed by atoms with E-state index in [2.05, 4.69) is 0 Å². The molecule has 2 rings (SSSR count). The van der Waals surface area contributed by atoms with Gasteiger partial charge in [-0.2, -0.15) is 0 Å². The Labute approximate surface area is 203 Å². The van der Waals surface area contributed by atoms with Gasteiger partial charge in [0.1, 0.15) is 0 Å². The summed E-state index contributed by atoms with van der Waals surface area (Å²) in [5, 5.41) is 9.48. The first-order chi connectivity index (χ1) is 16.2. The highest BCUT2D eigenvalue weighted by atomic mass is 16.5. The lowest BCUT2D eigenvalue weighted by molar-refractivity contribution is 0.0449. The fraction of sp³-hybridized carbons (Fsp3) is 0.615. The van der Waals surface area contributed by atoms with Crippen LogP contribution in [0.2, 0.25) is 0 Å². The molecular weight excluding hydrogens is 436 g/mol. The van der Waals surface area contributed by atoms with Gasteiger partial charge in [0.25, 0.3) is 5.91 Å². The molecule has 1 N–H and O–H groups in total. The van der Waals surface area contributed by atoms with Gasteiger partial charge in [-0.25, -0.2) is 4.79 Å². The van der Waals surface area contributed by atoms with Gasteiger partial charge in [-0.05, 0) is 65.2 Å². The number of piperidine rings is 1. The van der Waals surface area contributed by atoms with E-state index >= 15 is 0 Å². The quantitative estimate of drug-likeness (QED) is 0.456. The number of hydrogen-bond donors (Lipinski definition) is 1. The van der Waals surface area contributed by atoms with E-state index in [4.69, 9.17) is 14.2 Å². The SMILES string of the molecule is CC=Cc1cc(OC(C)C)c(OCCCOC)cc1C(=O)N(C(C)C)[C@@H]1CCCN(C(=O)O)C1. The van der Waals surface area contributed by atoms with Crippen molar-refractivity contribution in [1.29, 1.82) is 0 Å². The number of amides is 2. The maximum atomic E-state index is 13.9. The summed E-state index contributed by atoms with van der Waals surface area (Å²) in [4.78, 5) is 28.7. The fourth-order valence-electron chi connectivity index (χ4n) is 4.24. The van der Waals surface area contributed by atoms with Gasteiger partial charge in [0.2, 0.25) is 0 Å². The Balaban J connectivity index is 2.47. The van der Waals surface area contributed by atoms with Crippen LogP contribution >= 0.6 is 0 Å². The third-order valence-corrected chi connectivity index (χ3v) is 5.66. The zero-order chi connectivity index (χ0) is 25.3. The number of benzene rings is 1. The summed E-state index contributed by atoms with van der Waals surface area (Å²) in [6.45, 7) is 11.5. The summed E-state index contributed by atoms with van der Waals surface area (Å²) in [7, 11) is 1.65. The second kappa shape index (κ2) is 13.2. The van der Waals surface area contributed by atoms with E-state index in [-0.39, 0.29) is 24.1 Å². The smallest absolute Gasteiger partial charge is 0.407 e. The third kappa shape index (κ3) is 7.38. The Hall–Kier alpha value is -2.74. The van der Waals surface area contributed by atoms with Gasteiger partial charge in [-0.1, -0.05) is 12.2 Å². The van der Waals surface area contributed by atoms with Crippen LogP contribution in [0.1, 0.15) is 69.8 Å². The second-order valence-corrected chi connectivity index (χ2v) is 9.08. The first-order valence-electron chi connectivity index (χ1n) is 12.1. The van der Waals surface area contributed by atoms with E-state index in [9.17, 15) is 14.7 Å². The molecule has 0 saturated carbocycles. The van der Waals surface area contributed by atoms with Crippen LogP contribution in [0.4, 0.5) is 4.79 Å². The van der Waals surface area contributed by atoms with Gasteiger partial charge < -0.3 is 29.1 Å². The first-order valence-corrected chi connectivity index (χ1v) is 12.1. The van der Waals surface area contributed by atoms with Crippen LogP contribution in [0.5, 0.6) is 11.5 Å². The van der Waals surface area contributed by atoms with Crippen molar-refractivity contribution in [2.24, 2.45) is 0 Å². The number of allylic oxidation sites excluding steroid dienone is 1. The number of carbonyl (C=O) groups excluding carboxylic acids is 1. The molecule has 1 aromatic rings. The largest absolute Gasteiger partial charge is 0.490 e. The molecule has 1 aliphatic heterocycles. The van der Waals surface area contributed by atoms with Crippen molar-refractivity contribution >= 4 is 18.1 Å². The molecule has 1 aromatic carbocycles. The van der Waals surface area contributed by atoms with Crippen molar-refractivity contribution < 1.29 is 28.9 Å². The fourth-order valence-corrected chi connectivity index (χ4v) is 4.24. The molecule has 8 heteroatoms. The molecule has 0 bridgehead atoms. The topological polar surface area (TPSA) is 88.5 Å². The van der Waals surface area contributed by atoms with E-state index in [0.29, 0.717) is 49.8 Å². The molecule has 2 amide bonds. The van der Waals surface area contributed by atoms with Crippen molar-refractivity contribution in [3.05, 3.63) is 29.3 Å². The molecule has 0 aromatic heterocycles. The highest BCUT2D eigenvalue weighted by Gasteiger charge is 2.33. The summed E-state index contributed by atoms with van der Waals surface area (Å²) in [6.07, 6.45) is 4.97. The van der Waals surface area contributed by atoms with Crippen LogP contribution in [0.3, 0.4) is 0 Å². The number of likely N-dealkylation sites (tertiary alicyclic amines) is 1. The standard InChI is InChI=1S/C26H40N2O6/c1-7-10-20-15-24(34-19(4)5)23(33-14-9-13-32-6)16-22(20)25(29)28(18(2)3)21-11-8-12-27(17-21)26(30)31/h7,10,15-16,18-19,21H,8-9,11-14,17H2,1-6H3,(H,30,31)/t21-/m1/s1. The van der Waals surface area contributed by atoms with E-state index in [1.54, 1.807) is 13.2 Å². The number of nitrogens with zero attached hydrogens (tertiary/aromatic N) is 2. The predicted molar refractivity (Wildman–Crippen MR) is 133 cm³/mol. The zero-order valence-electron chi connectivity index (χ0n) is 21.4. The Kier molecular flexibility index (Phi) is 10.7. The van der Waals surface area contributed by atoms with Crippen molar-refractivity contribution in [1.82, 2.24) is 9.80 Å². The number of carbonyl (C=O) groups is 2. The molecule has 190 valence electrons. The van der Waals surface area contributed by atoms with Crippen LogP contribution in [-0.4, -0.2) is 78.5 Å². The average Bonchev–Trinajstić information content (AvgIpc) is 2.77. The molecule has 0 spiro atoms. The number of carboxylic acid groups (broad SMARTS) is 1. The summed E-state index contributed by atoms with van der Waals surface area (Å²) in [5.41, 5.74) is 1.25. The van der Waals surface area contributed by atoms with Crippen LogP contribution in [0, 0.1) is 0 Å². The normalized spacial score (nSPS) is 16.4. The van der Waals surface area contributed by atoms with Crippen LogP contribution < -0.4 is 9.47 Å². The molecule has 8 nitrogen and oxygen atoms in total. The number of rotatable bonds is 11. The van der Waals surface area contributed by atoms with Crippen molar-refractivity contribution in [3.8, 4) is 11.5 Å². The molecule has 0 radical (unpaired) electrons. The first kappa shape index (κ1) is 27.5. The number of methoxy groups -OCH3 is 1. The van der Waals surface area contributed by atoms with Crippen LogP contribution in [0.25, 0.3) is 6.08 Å². The Bertz CT molecular complexity index is 852. The van der Waals surface area contributed by atoms with Crippen molar-refractivity contribution in [2.75, 3.05) is 33.4 Å². The molecule has 0 aliphatic carbocycles. The maximum absolute atomic E-state index is 13.9. The van der Waals surface area contributed by atoms with E-state index in [1.165, 1.54) is 4.90 Å². The Morgan fingerprint density at radius 2 is 1.94 bits per heavy atom. The average molecular weight is 477 g/mol. The lowest BCUT2D eigenvalue weighted by atomic mass is 9.98. The molecule has 1 atom stereocenters. The van der Waals surface area contributed by atoms with Crippen molar-refractivity contribution in [2.45, 2.75) is 72.1 Å². The molecule has 0 unspecified atom stereocenters. The Morgan fingerprint density at radius 1 is 1.21 bits per heavy atom. The monoisotopic (exact) mass is 476 g/mol. The van der Waals surface area contributed by atoms with E-state index in [1.807, 2.05) is 57.7 Å². The minimum atomic E-state index is -0.947. The minimum Gasteiger partial charge on any atom is -0.490 e. The van der Waals surface area contributed by atoms with Crippen LogP contribution in [0.15, 0.2) is 18.2 Å². The maximum Gasteiger partial charge on any atom is 0.407 e. The Morgan fingerprint density at radius 3 is 2.53 bits per heavy atom. The molecule has 1 fully saturated rings. The molecule has 34 heavy (non-hydrogen) atoms. The van der Waals surface area contributed by atoms with E-state index in [0.717, 1.165) is 18.4 Å². The van der Waals surface area contributed by atoms with Gasteiger partial charge in [-0.15, -0.1) is 0 Å². The summed E-state index contributed by atoms with van der Waals surface area (Å²) < 4.78 is 17.1. The van der Waals surface area contributed by atoms with Gasteiger partial charge >= 0.3 is 6.09 Å². The van der Waals surface area contributed by atoms with Gasteiger partial charge in [0, 0.05) is 39.3 Å². The predicted octanol–water partition coefficient (Wildman–Crippen LogP) is 4.92. The summed E-state index contributed by atoms with van der Waals surface area (Å²) in [6, 6.07) is 3.33. The summed E-state index contributed by atoms with van der Waals surface area (Å²) in [5.74, 6) is 0.960. The van der Waals surface area contributed by atoms with Crippen molar-refractivity contribution in [3.63, 3.8) is 0 Å². The van der Waals surface area contributed by atoms with Crippen LogP contribution in [-0.2, 0) is 4.74 Å². The van der Waals surface area contributed by atoms with E-state index < -0.39 is 6.09 Å². The second-order valence-electron chi connectivity index (χ2n) is 9.08. The third-order valence-electron chi connectivity index (χ3n) is 5.66. The zero-order valence-corrected chi connectivity index (χ0v) is 21.4. The summed E-state index contributed by atoms with van der Waals surface area (Å²) >= 11 is 0. The molecular formula is C26H40N2O6. The minimum absolute atomic E-state index is 0.0577. The number of hydrogen-bond acceptors (Lipinski definition) is 5. The highest BCUT2D eigenvalue weighted by Crippen LogP contribution is 2.34. The molecule has 1 saturated heterocycles. The van der Waals surface area contributed by atoms with Gasteiger partial charge in [0.15, 0.2) is 11.5 Å². The molecule has 1 heterocycles. The highest BCUT2D eigenvalue weighted by molar-refractivity contribution is 5.99.